The van der Waals surface area contributed by atoms with Crippen LogP contribution < -0.4 is 0 Å². The molecule has 0 heterocycles. The summed E-state index contributed by atoms with van der Waals surface area (Å²) in [5.41, 5.74) is 0. The molecule has 0 unspecified atom stereocenters. The number of hydrogen-bond donors (Lipinski definition) is 0. The van der Waals surface area contributed by atoms with E-state index in [2.05, 4.69) is 32.0 Å². The van der Waals surface area contributed by atoms with Crippen LogP contribution >= 0.6 is 12.4 Å². The smallest absolute Gasteiger partial charge is 0.0892 e. The highest BCUT2D eigenvalue weighted by atomic mass is 35.5. The number of aliphatic imine (C=N–C) groups is 4. The van der Waals surface area contributed by atoms with Crippen molar-refractivity contribution in [3.63, 3.8) is 0 Å². The van der Waals surface area contributed by atoms with Crippen LogP contribution in [0.25, 0.3) is 0 Å². The van der Waals surface area contributed by atoms with Crippen LogP contribution in [-0.4, -0.2) is 38.2 Å². The van der Waals surface area contributed by atoms with Crippen molar-refractivity contribution in [2.45, 2.75) is 27.7 Å². The lowest BCUT2D eigenvalue weighted by molar-refractivity contribution is 1.10. The lowest BCUT2D eigenvalue weighted by Crippen LogP contribution is -1.66. The van der Waals surface area contributed by atoms with Gasteiger partial charge in [-0.15, -0.1) is 12.4 Å². The second kappa shape index (κ2) is 23.1. The first-order chi connectivity index (χ1) is 6.83. The molecule has 0 saturated heterocycles. The number of rotatable bonds is 4. The molecule has 0 radical (unpaired) electrons. The Morgan fingerprint density at radius 3 is 0.933 bits per heavy atom. The average molecular weight is 233 g/mol. The molecule has 0 aromatic carbocycles. The molecule has 0 aromatic heterocycles. The minimum Gasteiger partial charge on any atom is -0.226 e. The van der Waals surface area contributed by atoms with Crippen LogP contribution in [0.3, 0.4) is 0 Å². The molecule has 0 aliphatic rings. The van der Waals surface area contributed by atoms with Gasteiger partial charge in [0.25, 0.3) is 0 Å². The van der Waals surface area contributed by atoms with Crippen molar-refractivity contribution in [3.05, 3.63) is 0 Å². The second-order valence-electron chi connectivity index (χ2n) is 2.10. The third kappa shape index (κ3) is 32.1. The molecular formula is C10H21ClN4. The zero-order valence-corrected chi connectivity index (χ0v) is 10.8. The molecule has 5 heteroatoms. The Bertz CT molecular complexity index is 173. The van der Waals surface area contributed by atoms with E-state index in [1.807, 2.05) is 27.7 Å². The molecule has 0 aromatic rings. The lowest BCUT2D eigenvalue weighted by Gasteiger charge is -1.68. The maximum atomic E-state index is 3.74. The summed E-state index contributed by atoms with van der Waals surface area (Å²) < 4.78 is 0. The summed E-state index contributed by atoms with van der Waals surface area (Å²) in [6.07, 6.45) is 0. The summed E-state index contributed by atoms with van der Waals surface area (Å²) in [6, 6.07) is 5.07. The molecule has 0 aliphatic carbocycles. The van der Waals surface area contributed by atoms with E-state index in [0.29, 0.717) is 0 Å². The first kappa shape index (κ1) is 19.6. The topological polar surface area (TPSA) is 49.4 Å². The molecule has 0 atom stereocenters. The van der Waals surface area contributed by atoms with Gasteiger partial charge in [-0.1, -0.05) is 0 Å². The van der Waals surface area contributed by atoms with Crippen LogP contribution in [0.1, 0.15) is 27.7 Å². The van der Waals surface area contributed by atoms with Gasteiger partial charge in [0.1, 0.15) is 0 Å². The largest absolute Gasteiger partial charge is 0.226 e. The Morgan fingerprint density at radius 2 is 0.800 bits per heavy atom. The van der Waals surface area contributed by atoms with Gasteiger partial charge in [-0.3, -0.25) is 0 Å². The van der Waals surface area contributed by atoms with E-state index in [9.17, 15) is 0 Å². The van der Waals surface area contributed by atoms with Crippen LogP contribution in [0, 0.1) is 0 Å². The zero-order chi connectivity index (χ0) is 11.1. The highest BCUT2D eigenvalue weighted by Gasteiger charge is 1.58. The third-order valence-electron chi connectivity index (χ3n) is 0.915. The molecule has 0 saturated carbocycles. The Labute approximate surface area is 98.8 Å². The van der Waals surface area contributed by atoms with E-state index >= 15 is 0 Å². The monoisotopic (exact) mass is 232 g/mol. The Hall–Kier alpha value is -0.950. The number of halogens is 1. The molecule has 0 spiro atoms. The van der Waals surface area contributed by atoms with Crippen molar-refractivity contribution in [2.75, 3.05) is 26.2 Å². The maximum Gasteiger partial charge on any atom is 0.0892 e. The molecule has 15 heavy (non-hydrogen) atoms. The molecule has 0 N–H and O–H groups in total. The number of hydrogen-bond acceptors (Lipinski definition) is 4. The van der Waals surface area contributed by atoms with Crippen molar-refractivity contribution in [3.8, 4) is 0 Å². The fourth-order valence-electron chi connectivity index (χ4n) is 0.383. The van der Waals surface area contributed by atoms with Gasteiger partial charge in [-0.25, -0.2) is 20.0 Å². The first-order valence-electron chi connectivity index (χ1n) is 4.99. The van der Waals surface area contributed by atoms with Crippen molar-refractivity contribution in [2.24, 2.45) is 20.0 Å². The molecular weight excluding hydrogens is 212 g/mol. The zero-order valence-electron chi connectivity index (χ0n) is 10.0. The van der Waals surface area contributed by atoms with Crippen molar-refractivity contribution < 1.29 is 0 Å². The summed E-state index contributed by atoms with van der Waals surface area (Å²) in [5.74, 6) is 0. The minimum atomic E-state index is 0. The van der Waals surface area contributed by atoms with Gasteiger partial charge < -0.3 is 0 Å². The highest BCUT2D eigenvalue weighted by molar-refractivity contribution is 5.85. The SMILES string of the molecule is CCN=C=NCC.CCN=C=NCC.Cl. The van der Waals surface area contributed by atoms with Crippen molar-refractivity contribution >= 4 is 24.4 Å². The van der Waals surface area contributed by atoms with Gasteiger partial charge >= 0.3 is 0 Å². The van der Waals surface area contributed by atoms with Crippen LogP contribution in [0.4, 0.5) is 0 Å². The van der Waals surface area contributed by atoms with E-state index in [1.165, 1.54) is 0 Å². The van der Waals surface area contributed by atoms with Gasteiger partial charge in [0.15, 0.2) is 0 Å². The van der Waals surface area contributed by atoms with Gasteiger partial charge in [0, 0.05) is 26.2 Å². The standard InChI is InChI=1S/2C5H10N2.ClH/c2*1-3-6-5-7-4-2;/h2*3-4H2,1-2H3;1H. The van der Waals surface area contributed by atoms with Gasteiger partial charge in [0.05, 0.1) is 12.0 Å². The fraction of sp³-hybridized carbons (Fsp3) is 0.800. The molecule has 0 bridgehead atoms. The van der Waals surface area contributed by atoms with Crippen molar-refractivity contribution in [1.29, 1.82) is 0 Å². The van der Waals surface area contributed by atoms with Crippen LogP contribution in [0.2, 0.25) is 0 Å². The Kier molecular flexibility index (Phi) is 30.2. The van der Waals surface area contributed by atoms with E-state index in [0.717, 1.165) is 26.2 Å². The molecule has 0 aliphatic heterocycles. The summed E-state index contributed by atoms with van der Waals surface area (Å²) in [7, 11) is 0. The lowest BCUT2D eigenvalue weighted by atomic mass is 10.8. The number of nitrogens with zero attached hydrogens (tertiary/aromatic N) is 4. The minimum absolute atomic E-state index is 0. The quantitative estimate of drug-likeness (QED) is 0.670. The van der Waals surface area contributed by atoms with Gasteiger partial charge in [0.2, 0.25) is 0 Å². The van der Waals surface area contributed by atoms with Crippen LogP contribution in [-0.2, 0) is 0 Å². The van der Waals surface area contributed by atoms with E-state index in [-0.39, 0.29) is 12.4 Å². The molecule has 0 fully saturated rings. The molecule has 4 nitrogen and oxygen atoms in total. The third-order valence-corrected chi connectivity index (χ3v) is 0.915. The summed E-state index contributed by atoms with van der Waals surface area (Å²) >= 11 is 0. The normalized spacial score (nSPS) is 6.67. The highest BCUT2D eigenvalue weighted by Crippen LogP contribution is 1.62. The predicted octanol–water partition coefficient (Wildman–Crippen LogP) is 2.82. The summed E-state index contributed by atoms with van der Waals surface area (Å²) in [4.78, 5) is 15.0. The second-order valence-corrected chi connectivity index (χ2v) is 2.10. The fourth-order valence-corrected chi connectivity index (χ4v) is 0.383. The van der Waals surface area contributed by atoms with E-state index < -0.39 is 0 Å². The van der Waals surface area contributed by atoms with Gasteiger partial charge in [-0.2, -0.15) is 0 Å². The van der Waals surface area contributed by atoms with E-state index in [4.69, 9.17) is 0 Å². The van der Waals surface area contributed by atoms with Crippen molar-refractivity contribution in [1.82, 2.24) is 0 Å². The van der Waals surface area contributed by atoms with Crippen LogP contribution in [0.5, 0.6) is 0 Å². The summed E-state index contributed by atoms with van der Waals surface area (Å²) in [5, 5.41) is 0. The van der Waals surface area contributed by atoms with E-state index in [1.54, 1.807) is 0 Å². The average Bonchev–Trinajstić information content (AvgIpc) is 2.21. The molecule has 0 rings (SSSR count). The first-order valence-corrected chi connectivity index (χ1v) is 4.99. The van der Waals surface area contributed by atoms with Gasteiger partial charge in [-0.05, 0) is 27.7 Å². The summed E-state index contributed by atoms with van der Waals surface area (Å²) in [6.45, 7) is 11.0. The maximum absolute atomic E-state index is 3.74. The Morgan fingerprint density at radius 1 is 0.600 bits per heavy atom. The Balaban J connectivity index is -0.000000180. The molecule has 88 valence electrons. The predicted molar refractivity (Wildman–Crippen MR) is 69.1 cm³/mol. The molecule has 0 amide bonds. The van der Waals surface area contributed by atoms with Crippen LogP contribution in [0.15, 0.2) is 20.0 Å².